The van der Waals surface area contributed by atoms with Crippen LogP contribution in [-0.4, -0.2) is 66.7 Å². The highest BCUT2D eigenvalue weighted by Crippen LogP contribution is 2.11. The van der Waals surface area contributed by atoms with Crippen LogP contribution in [0.25, 0.3) is 0 Å². The second-order valence-electron chi connectivity index (χ2n) is 5.02. The lowest BCUT2D eigenvalue weighted by atomic mass is 10.2. The predicted molar refractivity (Wildman–Crippen MR) is 79.4 cm³/mol. The fourth-order valence-corrected chi connectivity index (χ4v) is 2.33. The van der Waals surface area contributed by atoms with Crippen molar-refractivity contribution in [1.29, 1.82) is 0 Å². The number of carbonyl (C=O) groups is 1. The number of β-amino-alcohol motifs (C(OH)–C–C–N with tert-alkyl or cyclic N) is 1. The number of benzene rings is 1. The molecule has 1 aliphatic heterocycles. The summed E-state index contributed by atoms with van der Waals surface area (Å²) in [6.07, 6.45) is 0. The third-order valence-electron chi connectivity index (χ3n) is 3.42. The van der Waals surface area contributed by atoms with Gasteiger partial charge in [-0.05, 0) is 18.2 Å². The van der Waals surface area contributed by atoms with Crippen LogP contribution in [0, 0.1) is 0 Å². The lowest BCUT2D eigenvalue weighted by Crippen LogP contribution is -2.49. The molecule has 1 aromatic rings. The maximum Gasteiger partial charge on any atom is 0.238 e. The van der Waals surface area contributed by atoms with Crippen molar-refractivity contribution < 1.29 is 9.90 Å². The number of rotatable bonds is 5. The van der Waals surface area contributed by atoms with Gasteiger partial charge in [0, 0.05) is 44.1 Å². The summed E-state index contributed by atoms with van der Waals surface area (Å²) in [5, 5.41) is 11.7. The van der Waals surface area contributed by atoms with Gasteiger partial charge in [-0.1, -0.05) is 6.07 Å². The lowest BCUT2D eigenvalue weighted by Gasteiger charge is -2.33. The maximum atomic E-state index is 12.0. The molecule has 4 N–H and O–H groups in total. The molecule has 0 aliphatic carbocycles. The van der Waals surface area contributed by atoms with Gasteiger partial charge in [0.1, 0.15) is 0 Å². The monoisotopic (exact) mass is 278 g/mol. The summed E-state index contributed by atoms with van der Waals surface area (Å²) in [5.41, 5.74) is 7.04. The zero-order chi connectivity index (χ0) is 14.4. The maximum absolute atomic E-state index is 12.0. The van der Waals surface area contributed by atoms with Crippen LogP contribution in [0.2, 0.25) is 0 Å². The van der Waals surface area contributed by atoms with E-state index in [9.17, 15) is 4.79 Å². The quantitative estimate of drug-likeness (QED) is 0.651. The molecule has 1 aliphatic rings. The molecule has 1 fully saturated rings. The Hall–Kier alpha value is -1.63. The first-order valence-electron chi connectivity index (χ1n) is 6.88. The van der Waals surface area contributed by atoms with E-state index in [0.717, 1.165) is 31.9 Å². The standard InChI is InChI=1S/C14H22N4O2/c15-12-2-1-3-13(10-12)16-14(20)11-18-6-4-17(5-7-18)8-9-19/h1-3,10,19H,4-9,11,15H2,(H,16,20). The summed E-state index contributed by atoms with van der Waals surface area (Å²) >= 11 is 0. The topological polar surface area (TPSA) is 81.8 Å². The first kappa shape index (κ1) is 14.8. The van der Waals surface area contributed by atoms with Crippen molar-refractivity contribution in [2.75, 3.05) is 56.9 Å². The molecule has 1 heterocycles. The summed E-state index contributed by atoms with van der Waals surface area (Å²) < 4.78 is 0. The summed E-state index contributed by atoms with van der Waals surface area (Å²) in [7, 11) is 0. The molecule has 1 aromatic carbocycles. The van der Waals surface area contributed by atoms with Gasteiger partial charge in [-0.2, -0.15) is 0 Å². The first-order chi connectivity index (χ1) is 9.67. The van der Waals surface area contributed by atoms with Crippen LogP contribution in [0.3, 0.4) is 0 Å². The van der Waals surface area contributed by atoms with E-state index < -0.39 is 0 Å². The SMILES string of the molecule is Nc1cccc(NC(=O)CN2CCN(CCO)CC2)c1. The number of nitrogens with zero attached hydrogens (tertiary/aromatic N) is 2. The predicted octanol–water partition coefficient (Wildman–Crippen LogP) is -0.183. The molecule has 1 saturated heterocycles. The molecular formula is C14H22N4O2. The Labute approximate surface area is 119 Å². The minimum absolute atomic E-state index is 0.0220. The minimum Gasteiger partial charge on any atom is -0.399 e. The van der Waals surface area contributed by atoms with E-state index in [2.05, 4.69) is 15.1 Å². The Morgan fingerprint density at radius 1 is 1.25 bits per heavy atom. The van der Waals surface area contributed by atoms with Crippen molar-refractivity contribution in [2.45, 2.75) is 0 Å². The number of nitrogens with one attached hydrogen (secondary N) is 1. The van der Waals surface area contributed by atoms with Crippen LogP contribution < -0.4 is 11.1 Å². The highest BCUT2D eigenvalue weighted by atomic mass is 16.3. The molecule has 0 bridgehead atoms. The number of aliphatic hydroxyl groups is 1. The molecule has 110 valence electrons. The van der Waals surface area contributed by atoms with E-state index in [0.29, 0.717) is 18.8 Å². The van der Waals surface area contributed by atoms with Gasteiger partial charge in [-0.25, -0.2) is 0 Å². The van der Waals surface area contributed by atoms with Gasteiger partial charge in [0.25, 0.3) is 0 Å². The van der Waals surface area contributed by atoms with Gasteiger partial charge in [0.2, 0.25) is 5.91 Å². The third kappa shape index (κ3) is 4.48. The highest BCUT2D eigenvalue weighted by Gasteiger charge is 2.18. The van der Waals surface area contributed by atoms with Gasteiger partial charge >= 0.3 is 0 Å². The average molecular weight is 278 g/mol. The Morgan fingerprint density at radius 2 is 1.95 bits per heavy atom. The van der Waals surface area contributed by atoms with Crippen molar-refractivity contribution in [3.8, 4) is 0 Å². The van der Waals surface area contributed by atoms with Crippen molar-refractivity contribution in [1.82, 2.24) is 9.80 Å². The summed E-state index contributed by atoms with van der Waals surface area (Å²) in [6.45, 7) is 4.79. The van der Waals surface area contributed by atoms with Crippen LogP contribution in [0.4, 0.5) is 11.4 Å². The number of anilines is 2. The Morgan fingerprint density at radius 3 is 2.60 bits per heavy atom. The van der Waals surface area contributed by atoms with Gasteiger partial charge < -0.3 is 16.2 Å². The number of piperazine rings is 1. The van der Waals surface area contributed by atoms with E-state index in [1.165, 1.54) is 0 Å². The lowest BCUT2D eigenvalue weighted by molar-refractivity contribution is -0.117. The molecule has 0 spiro atoms. The molecule has 2 rings (SSSR count). The molecule has 6 nitrogen and oxygen atoms in total. The molecule has 1 amide bonds. The normalized spacial score (nSPS) is 17.1. The van der Waals surface area contributed by atoms with Gasteiger partial charge in [-0.3, -0.25) is 14.6 Å². The van der Waals surface area contributed by atoms with Gasteiger partial charge in [0.15, 0.2) is 0 Å². The molecule has 0 aromatic heterocycles. The van der Waals surface area contributed by atoms with Crippen LogP contribution in [-0.2, 0) is 4.79 Å². The van der Waals surface area contributed by atoms with E-state index >= 15 is 0 Å². The third-order valence-corrected chi connectivity index (χ3v) is 3.42. The van der Waals surface area contributed by atoms with Crippen LogP contribution in [0.5, 0.6) is 0 Å². The number of hydrogen-bond acceptors (Lipinski definition) is 5. The second-order valence-corrected chi connectivity index (χ2v) is 5.02. The number of aliphatic hydroxyl groups excluding tert-OH is 1. The van der Waals surface area contributed by atoms with Crippen molar-refractivity contribution in [3.05, 3.63) is 24.3 Å². The Balaban J connectivity index is 1.75. The summed E-state index contributed by atoms with van der Waals surface area (Å²) in [6, 6.07) is 7.18. The number of nitrogen functional groups attached to an aromatic ring is 1. The molecule has 6 heteroatoms. The Kier molecular flexibility index (Phi) is 5.34. The van der Waals surface area contributed by atoms with E-state index in [1.807, 2.05) is 12.1 Å². The molecule has 0 atom stereocenters. The fourth-order valence-electron chi connectivity index (χ4n) is 2.33. The van der Waals surface area contributed by atoms with E-state index in [4.69, 9.17) is 10.8 Å². The minimum atomic E-state index is -0.0220. The molecule has 0 radical (unpaired) electrons. The van der Waals surface area contributed by atoms with E-state index in [-0.39, 0.29) is 12.5 Å². The van der Waals surface area contributed by atoms with Crippen LogP contribution in [0.1, 0.15) is 0 Å². The molecular weight excluding hydrogens is 256 g/mol. The fraction of sp³-hybridized carbons (Fsp3) is 0.500. The zero-order valence-electron chi connectivity index (χ0n) is 11.6. The number of hydrogen-bond donors (Lipinski definition) is 3. The highest BCUT2D eigenvalue weighted by molar-refractivity contribution is 5.92. The molecule has 0 unspecified atom stereocenters. The van der Waals surface area contributed by atoms with Gasteiger partial charge in [-0.15, -0.1) is 0 Å². The van der Waals surface area contributed by atoms with Crippen LogP contribution in [0.15, 0.2) is 24.3 Å². The molecule has 20 heavy (non-hydrogen) atoms. The molecule has 0 saturated carbocycles. The summed E-state index contributed by atoms with van der Waals surface area (Å²) in [5.74, 6) is -0.0220. The number of carbonyl (C=O) groups excluding carboxylic acids is 1. The zero-order valence-corrected chi connectivity index (χ0v) is 11.6. The van der Waals surface area contributed by atoms with Gasteiger partial charge in [0.05, 0.1) is 13.2 Å². The Bertz CT molecular complexity index is 445. The number of nitrogens with two attached hydrogens (primary N) is 1. The van der Waals surface area contributed by atoms with Crippen molar-refractivity contribution in [2.24, 2.45) is 0 Å². The van der Waals surface area contributed by atoms with E-state index in [1.54, 1.807) is 12.1 Å². The van der Waals surface area contributed by atoms with Crippen molar-refractivity contribution >= 4 is 17.3 Å². The largest absolute Gasteiger partial charge is 0.399 e. The average Bonchev–Trinajstić information content (AvgIpc) is 2.41. The smallest absolute Gasteiger partial charge is 0.238 e. The second kappa shape index (κ2) is 7.23. The number of amides is 1. The van der Waals surface area contributed by atoms with Crippen LogP contribution >= 0.6 is 0 Å². The summed E-state index contributed by atoms with van der Waals surface area (Å²) in [4.78, 5) is 16.3. The first-order valence-corrected chi connectivity index (χ1v) is 6.88. The van der Waals surface area contributed by atoms with Crippen molar-refractivity contribution in [3.63, 3.8) is 0 Å².